The number of aromatic amines is 1. The van der Waals surface area contributed by atoms with Crippen LogP contribution in [0.1, 0.15) is 91.3 Å². The summed E-state index contributed by atoms with van der Waals surface area (Å²) in [5.41, 5.74) is 4.04. The van der Waals surface area contributed by atoms with Crippen molar-refractivity contribution in [3.8, 4) is 12.8 Å². The number of carbonyl (C=O) groups excluding carboxylic acids is 1. The van der Waals surface area contributed by atoms with Gasteiger partial charge in [0.1, 0.15) is 12.9 Å². The molecule has 41 heavy (non-hydrogen) atoms. The average Bonchev–Trinajstić information content (AvgIpc) is 3.31. The number of hydrogen-bond acceptors (Lipinski definition) is 5. The highest BCUT2D eigenvalue weighted by Gasteiger charge is 2.65. The Balaban J connectivity index is 0.000000810. The molecule has 3 aliphatic carbocycles. The van der Waals surface area contributed by atoms with Crippen LogP contribution in [0, 0.1) is 36.0 Å². The number of nitrogens with one attached hydrogen (secondary N) is 1. The second-order valence-electron chi connectivity index (χ2n) is 14.4. The first-order valence-electron chi connectivity index (χ1n) is 15.4. The van der Waals surface area contributed by atoms with Crippen LogP contribution >= 0.6 is 0 Å². The van der Waals surface area contributed by atoms with Crippen molar-refractivity contribution in [2.24, 2.45) is 23.2 Å². The van der Waals surface area contributed by atoms with E-state index in [1.807, 2.05) is 20.6 Å². The van der Waals surface area contributed by atoms with E-state index >= 15 is 0 Å². The molecular formula is C35H49NO5. The van der Waals surface area contributed by atoms with Gasteiger partial charge in [-0.15, -0.1) is 12.8 Å². The number of aliphatic hydroxyl groups excluding tert-OH is 1. The number of para-hydroxylation sites is 1. The summed E-state index contributed by atoms with van der Waals surface area (Å²) in [4.78, 5) is 11.9. The standard InChI is InChI=1S/C32H45NO4.C2H2.CH2O/c1-29(2,37-28(34)27-30(3,4)36-27)25-14-12-20-22-13-11-18-17-21-19-9-7-8-10-23(19)33-26(21)32(18,6)31(22,5)16-15-24(20)35-25;2*1-2/h7-10,18,20,22,24-25,27-28,33-34H,11-17H2,1-6H3;1-2H;1H2/t18?,20?,22?,24?,25-,27?,28-,31-,32+;;/m0../s1. The van der Waals surface area contributed by atoms with Crippen LogP contribution < -0.4 is 0 Å². The zero-order valence-corrected chi connectivity index (χ0v) is 25.7. The van der Waals surface area contributed by atoms with E-state index < -0.39 is 11.9 Å². The van der Waals surface area contributed by atoms with Gasteiger partial charge in [0.15, 0.2) is 6.29 Å². The molecule has 5 unspecified atom stereocenters. The Morgan fingerprint density at radius 1 is 1.07 bits per heavy atom. The van der Waals surface area contributed by atoms with E-state index in [-0.39, 0.29) is 34.7 Å². The van der Waals surface area contributed by atoms with Crippen molar-refractivity contribution in [1.82, 2.24) is 4.98 Å². The molecule has 1 aromatic heterocycles. The number of aromatic nitrogens is 1. The number of carbonyl (C=O) groups is 1. The third-order valence-electron chi connectivity index (χ3n) is 12.0. The number of benzene rings is 1. The van der Waals surface area contributed by atoms with Crippen molar-refractivity contribution in [3.05, 3.63) is 35.5 Å². The first kappa shape index (κ1) is 30.3. The molecule has 6 nitrogen and oxygen atoms in total. The van der Waals surface area contributed by atoms with E-state index in [9.17, 15) is 5.11 Å². The van der Waals surface area contributed by atoms with Crippen LogP contribution in [0.2, 0.25) is 0 Å². The van der Waals surface area contributed by atoms with E-state index in [0.29, 0.717) is 11.8 Å². The summed E-state index contributed by atoms with van der Waals surface area (Å²) in [5.74, 6) is 2.02. The molecule has 2 saturated heterocycles. The van der Waals surface area contributed by atoms with Gasteiger partial charge in [0, 0.05) is 22.0 Å². The van der Waals surface area contributed by atoms with Crippen LogP contribution in [-0.2, 0) is 30.8 Å². The van der Waals surface area contributed by atoms with Crippen molar-refractivity contribution in [1.29, 1.82) is 0 Å². The predicted octanol–water partition coefficient (Wildman–Crippen LogP) is 6.33. The molecule has 2 saturated carbocycles. The molecule has 9 atom stereocenters. The van der Waals surface area contributed by atoms with Gasteiger partial charge in [-0.3, -0.25) is 0 Å². The Morgan fingerprint density at radius 2 is 1.76 bits per heavy atom. The summed E-state index contributed by atoms with van der Waals surface area (Å²) < 4.78 is 18.7. The number of epoxide rings is 1. The molecule has 3 heterocycles. The van der Waals surface area contributed by atoms with Gasteiger partial charge < -0.3 is 29.1 Å². The fraction of sp³-hybridized carbons (Fsp3) is 0.686. The fourth-order valence-corrected chi connectivity index (χ4v) is 9.62. The summed E-state index contributed by atoms with van der Waals surface area (Å²) in [6.07, 6.45) is 15.5. The summed E-state index contributed by atoms with van der Waals surface area (Å²) in [6, 6.07) is 8.91. The minimum Gasteiger partial charge on any atom is -0.372 e. The summed E-state index contributed by atoms with van der Waals surface area (Å²) in [7, 11) is 0. The lowest BCUT2D eigenvalue weighted by molar-refractivity contribution is -0.258. The zero-order chi connectivity index (χ0) is 30.0. The van der Waals surface area contributed by atoms with Crippen molar-refractivity contribution in [2.75, 3.05) is 0 Å². The Labute approximate surface area is 245 Å². The van der Waals surface area contributed by atoms with Crippen LogP contribution in [-0.4, -0.2) is 52.7 Å². The molecule has 0 spiro atoms. The predicted molar refractivity (Wildman–Crippen MR) is 161 cm³/mol. The van der Waals surface area contributed by atoms with Crippen molar-refractivity contribution < 1.29 is 24.1 Å². The summed E-state index contributed by atoms with van der Waals surface area (Å²) in [6.45, 7) is 15.4. The van der Waals surface area contributed by atoms with Gasteiger partial charge in [-0.1, -0.05) is 32.0 Å². The molecule has 2 N–H and O–H groups in total. The highest BCUT2D eigenvalue weighted by Crippen LogP contribution is 2.68. The van der Waals surface area contributed by atoms with Crippen LogP contribution in [0.4, 0.5) is 0 Å². The van der Waals surface area contributed by atoms with Crippen LogP contribution in [0.15, 0.2) is 24.3 Å². The van der Waals surface area contributed by atoms with Gasteiger partial charge in [0.05, 0.1) is 23.4 Å². The van der Waals surface area contributed by atoms with E-state index in [1.54, 1.807) is 5.56 Å². The molecule has 4 fully saturated rings. The number of hydrogen-bond donors (Lipinski definition) is 2. The second-order valence-corrected chi connectivity index (χ2v) is 14.4. The zero-order valence-electron chi connectivity index (χ0n) is 25.7. The number of rotatable bonds is 4. The summed E-state index contributed by atoms with van der Waals surface area (Å²) >= 11 is 0. The SMILES string of the molecule is C#C.C=O.CC1(C)OC1[C@@H](O)OC(C)(C)[C@@H]1CCC2C(CC[C@@]3(C)C2CCC2Cc4c([nH]c5ccccc45)[C@@]23C)O1. The number of terminal acetylenes is 1. The van der Waals surface area contributed by atoms with Gasteiger partial charge >= 0.3 is 0 Å². The Hall–Kier alpha value is -2.17. The van der Waals surface area contributed by atoms with Crippen LogP contribution in [0.5, 0.6) is 0 Å². The Bertz CT molecular complexity index is 1280. The quantitative estimate of drug-likeness (QED) is 0.258. The van der Waals surface area contributed by atoms with Crippen LogP contribution in [0.3, 0.4) is 0 Å². The molecule has 0 amide bonds. The number of ether oxygens (including phenoxy) is 3. The minimum atomic E-state index is -0.913. The normalized spacial score (nSPS) is 39.0. The molecule has 2 aliphatic heterocycles. The third-order valence-corrected chi connectivity index (χ3v) is 12.0. The molecule has 0 bridgehead atoms. The molecule has 6 heteroatoms. The van der Waals surface area contributed by atoms with Crippen molar-refractivity contribution in [2.45, 2.75) is 128 Å². The smallest absolute Gasteiger partial charge is 0.184 e. The number of fused-ring (bicyclic) bond motifs is 9. The van der Waals surface area contributed by atoms with E-state index in [1.165, 1.54) is 48.7 Å². The number of aliphatic hydroxyl groups is 1. The minimum absolute atomic E-state index is 0.00617. The van der Waals surface area contributed by atoms with E-state index in [2.05, 4.69) is 69.8 Å². The highest BCUT2D eigenvalue weighted by atomic mass is 16.7. The van der Waals surface area contributed by atoms with E-state index in [4.69, 9.17) is 19.0 Å². The maximum Gasteiger partial charge on any atom is 0.184 e. The maximum absolute atomic E-state index is 10.7. The molecule has 5 aliphatic rings. The molecule has 1 aromatic carbocycles. The molecule has 2 aromatic rings. The van der Waals surface area contributed by atoms with Gasteiger partial charge in [0.2, 0.25) is 0 Å². The lowest BCUT2D eigenvalue weighted by Crippen LogP contribution is -2.61. The van der Waals surface area contributed by atoms with Crippen LogP contribution in [0.25, 0.3) is 10.9 Å². The maximum atomic E-state index is 10.7. The Kier molecular flexibility index (Phi) is 7.78. The topological polar surface area (TPSA) is 84.1 Å². The fourth-order valence-electron chi connectivity index (χ4n) is 9.62. The largest absolute Gasteiger partial charge is 0.372 e. The third kappa shape index (κ3) is 4.50. The number of H-pyrrole nitrogens is 1. The first-order chi connectivity index (χ1) is 19.5. The second kappa shape index (κ2) is 10.5. The summed E-state index contributed by atoms with van der Waals surface area (Å²) in [5, 5.41) is 12.1. The van der Waals surface area contributed by atoms with Gasteiger partial charge in [0.25, 0.3) is 0 Å². The first-order valence-corrected chi connectivity index (χ1v) is 15.4. The van der Waals surface area contributed by atoms with Gasteiger partial charge in [-0.2, -0.15) is 0 Å². The molecule has 7 rings (SSSR count). The average molecular weight is 564 g/mol. The van der Waals surface area contributed by atoms with Gasteiger partial charge in [-0.25, -0.2) is 0 Å². The van der Waals surface area contributed by atoms with E-state index in [0.717, 1.165) is 18.8 Å². The molecule has 224 valence electrons. The molecule has 0 radical (unpaired) electrons. The van der Waals surface area contributed by atoms with Crippen molar-refractivity contribution >= 4 is 17.7 Å². The van der Waals surface area contributed by atoms with Crippen molar-refractivity contribution in [3.63, 3.8) is 0 Å². The molecular weight excluding hydrogens is 514 g/mol. The lowest BCUT2D eigenvalue weighted by atomic mass is 9.43. The van der Waals surface area contributed by atoms with Gasteiger partial charge in [-0.05, 0) is 107 Å². The lowest BCUT2D eigenvalue weighted by Gasteiger charge is -2.63. The highest BCUT2D eigenvalue weighted by molar-refractivity contribution is 5.86. The Morgan fingerprint density at radius 3 is 2.44 bits per heavy atom. The monoisotopic (exact) mass is 563 g/mol.